The van der Waals surface area contributed by atoms with Crippen LogP contribution in [0.3, 0.4) is 0 Å². The topological polar surface area (TPSA) is 78.9 Å². The molecule has 2 rings (SSSR count). The molecule has 21 heavy (non-hydrogen) atoms. The molecule has 6 nitrogen and oxygen atoms in total. The number of hydrogen-bond donors (Lipinski definition) is 2. The summed E-state index contributed by atoms with van der Waals surface area (Å²) in [5.41, 5.74) is 1.53. The Hall–Kier alpha value is -2.08. The molecule has 6 heteroatoms. The van der Waals surface area contributed by atoms with Gasteiger partial charge < -0.3 is 15.2 Å². The lowest BCUT2D eigenvalue weighted by Crippen LogP contribution is -2.39. The molecule has 0 saturated carbocycles. The highest BCUT2D eigenvalue weighted by Crippen LogP contribution is 2.23. The van der Waals surface area contributed by atoms with Crippen LogP contribution in [0.1, 0.15) is 31.9 Å². The van der Waals surface area contributed by atoms with Crippen molar-refractivity contribution < 1.29 is 19.4 Å². The number of ether oxygens (including phenoxy) is 1. The summed E-state index contributed by atoms with van der Waals surface area (Å²) in [4.78, 5) is 25.4. The van der Waals surface area contributed by atoms with Gasteiger partial charge in [-0.25, -0.2) is 4.79 Å². The highest BCUT2D eigenvalue weighted by atomic mass is 16.6. The number of nitrogens with one attached hydrogen (secondary N) is 1. The molecule has 0 saturated heterocycles. The third-order valence-corrected chi connectivity index (χ3v) is 2.98. The monoisotopic (exact) mass is 292 g/mol. The van der Waals surface area contributed by atoms with Crippen molar-refractivity contribution in [3.05, 3.63) is 29.3 Å². The fourth-order valence-corrected chi connectivity index (χ4v) is 2.06. The van der Waals surface area contributed by atoms with E-state index >= 15 is 0 Å². The SMILES string of the molecule is CC(C)(C)OC(=O)N1CC(=O)Nc2cc(CO)ccc2C1. The number of aliphatic hydroxyl groups excluding tert-OH is 1. The first-order valence-corrected chi connectivity index (χ1v) is 6.79. The summed E-state index contributed by atoms with van der Waals surface area (Å²) in [5, 5.41) is 11.9. The smallest absolute Gasteiger partial charge is 0.411 e. The molecule has 114 valence electrons. The molecule has 2 N–H and O–H groups in total. The third-order valence-electron chi connectivity index (χ3n) is 2.98. The van der Waals surface area contributed by atoms with E-state index in [1.54, 1.807) is 39.0 Å². The molecule has 2 amide bonds. The number of rotatable bonds is 1. The number of fused-ring (bicyclic) bond motifs is 1. The van der Waals surface area contributed by atoms with E-state index in [-0.39, 0.29) is 25.6 Å². The molecule has 0 bridgehead atoms. The van der Waals surface area contributed by atoms with E-state index < -0.39 is 11.7 Å². The van der Waals surface area contributed by atoms with Crippen molar-refractivity contribution in [2.75, 3.05) is 11.9 Å². The van der Waals surface area contributed by atoms with Gasteiger partial charge in [-0.15, -0.1) is 0 Å². The lowest BCUT2D eigenvalue weighted by atomic mass is 10.1. The number of amides is 2. The van der Waals surface area contributed by atoms with E-state index in [4.69, 9.17) is 9.84 Å². The Bertz CT molecular complexity index is 563. The van der Waals surface area contributed by atoms with Crippen molar-refractivity contribution in [3.8, 4) is 0 Å². The minimum atomic E-state index is -0.608. The van der Waals surface area contributed by atoms with Crippen LogP contribution < -0.4 is 5.32 Å². The van der Waals surface area contributed by atoms with Crippen molar-refractivity contribution in [2.45, 2.75) is 39.5 Å². The zero-order chi connectivity index (χ0) is 15.6. The van der Waals surface area contributed by atoms with Crippen molar-refractivity contribution in [1.82, 2.24) is 4.90 Å². The standard InChI is InChI=1S/C15H20N2O4/c1-15(2,3)21-14(20)17-7-11-5-4-10(9-18)6-12(11)16-13(19)8-17/h4-6,18H,7-9H2,1-3H3,(H,16,19). The van der Waals surface area contributed by atoms with E-state index in [1.165, 1.54) is 4.90 Å². The zero-order valence-electron chi connectivity index (χ0n) is 12.5. The van der Waals surface area contributed by atoms with Crippen LogP contribution in [-0.2, 0) is 22.7 Å². The van der Waals surface area contributed by atoms with Crippen LogP contribution >= 0.6 is 0 Å². The molecule has 0 spiro atoms. The second-order valence-electron chi connectivity index (χ2n) is 6.03. The molecular formula is C15H20N2O4. The van der Waals surface area contributed by atoms with Gasteiger partial charge in [-0.1, -0.05) is 12.1 Å². The van der Waals surface area contributed by atoms with E-state index in [0.717, 1.165) is 5.56 Å². The molecule has 0 radical (unpaired) electrons. The molecule has 0 aromatic heterocycles. The lowest BCUT2D eigenvalue weighted by molar-refractivity contribution is -0.117. The van der Waals surface area contributed by atoms with Crippen LogP contribution in [0.25, 0.3) is 0 Å². The maximum Gasteiger partial charge on any atom is 0.411 e. The van der Waals surface area contributed by atoms with Gasteiger partial charge in [0, 0.05) is 5.69 Å². The molecule has 1 aliphatic rings. The Labute approximate surface area is 123 Å². The Morgan fingerprint density at radius 2 is 2.10 bits per heavy atom. The van der Waals surface area contributed by atoms with Crippen LogP contribution in [0.5, 0.6) is 0 Å². The highest BCUT2D eigenvalue weighted by Gasteiger charge is 2.27. The number of nitrogens with zero attached hydrogens (tertiary/aromatic N) is 1. The molecule has 1 aromatic rings. The normalized spacial score (nSPS) is 15.0. The zero-order valence-corrected chi connectivity index (χ0v) is 12.5. The van der Waals surface area contributed by atoms with E-state index in [2.05, 4.69) is 5.32 Å². The predicted octanol–water partition coefficient (Wildman–Crippen LogP) is 1.87. The summed E-state index contributed by atoms with van der Waals surface area (Å²) in [7, 11) is 0. The predicted molar refractivity (Wildman–Crippen MR) is 77.6 cm³/mol. The molecular weight excluding hydrogens is 272 g/mol. The fourth-order valence-electron chi connectivity index (χ4n) is 2.06. The van der Waals surface area contributed by atoms with E-state index in [1.807, 2.05) is 0 Å². The molecule has 0 fully saturated rings. The molecule has 0 aliphatic carbocycles. The van der Waals surface area contributed by atoms with E-state index in [9.17, 15) is 9.59 Å². The van der Waals surface area contributed by atoms with Gasteiger partial charge >= 0.3 is 6.09 Å². The summed E-state index contributed by atoms with van der Waals surface area (Å²) in [5.74, 6) is -0.283. The number of aliphatic hydroxyl groups is 1. The van der Waals surface area contributed by atoms with Crippen molar-refractivity contribution >= 4 is 17.7 Å². The van der Waals surface area contributed by atoms with Crippen LogP contribution in [0.2, 0.25) is 0 Å². The minimum Gasteiger partial charge on any atom is -0.444 e. The maximum atomic E-state index is 12.1. The molecule has 0 unspecified atom stereocenters. The summed E-state index contributed by atoms with van der Waals surface area (Å²) >= 11 is 0. The fraction of sp³-hybridized carbons (Fsp3) is 0.467. The Balaban J connectivity index is 2.23. The second kappa shape index (κ2) is 5.73. The van der Waals surface area contributed by atoms with Crippen LogP contribution in [0.4, 0.5) is 10.5 Å². The third kappa shape index (κ3) is 3.95. The highest BCUT2D eigenvalue weighted by molar-refractivity contribution is 5.95. The summed E-state index contributed by atoms with van der Waals surface area (Å²) in [6.45, 7) is 5.48. The Morgan fingerprint density at radius 3 is 2.71 bits per heavy atom. The van der Waals surface area contributed by atoms with Gasteiger partial charge in [-0.3, -0.25) is 9.69 Å². The number of benzene rings is 1. The Morgan fingerprint density at radius 1 is 1.38 bits per heavy atom. The van der Waals surface area contributed by atoms with E-state index in [0.29, 0.717) is 11.3 Å². The average molecular weight is 292 g/mol. The summed E-state index contributed by atoms with van der Waals surface area (Å²) < 4.78 is 5.31. The van der Waals surface area contributed by atoms with Crippen molar-refractivity contribution in [3.63, 3.8) is 0 Å². The first-order chi connectivity index (χ1) is 9.78. The number of hydrogen-bond acceptors (Lipinski definition) is 4. The van der Waals surface area contributed by atoms with Gasteiger partial charge in [-0.05, 0) is 38.0 Å². The number of carbonyl (C=O) groups excluding carboxylic acids is 2. The number of carbonyl (C=O) groups is 2. The molecule has 1 aliphatic heterocycles. The first kappa shape index (κ1) is 15.3. The number of anilines is 1. The van der Waals surface area contributed by atoms with Crippen molar-refractivity contribution in [2.24, 2.45) is 0 Å². The van der Waals surface area contributed by atoms with Gasteiger partial charge in [0.25, 0.3) is 0 Å². The van der Waals surface area contributed by atoms with Gasteiger partial charge in [0.1, 0.15) is 12.1 Å². The average Bonchev–Trinajstić information content (AvgIpc) is 2.53. The maximum absolute atomic E-state index is 12.1. The van der Waals surface area contributed by atoms with Gasteiger partial charge in [-0.2, -0.15) is 0 Å². The molecule has 1 heterocycles. The first-order valence-electron chi connectivity index (χ1n) is 6.79. The summed E-state index contributed by atoms with van der Waals surface area (Å²) in [6, 6.07) is 5.28. The molecule has 1 aromatic carbocycles. The second-order valence-corrected chi connectivity index (χ2v) is 6.03. The molecule has 0 atom stereocenters. The van der Waals surface area contributed by atoms with Gasteiger partial charge in [0.15, 0.2) is 0 Å². The minimum absolute atomic E-state index is 0.0575. The van der Waals surface area contributed by atoms with Gasteiger partial charge in [0.05, 0.1) is 13.2 Å². The Kier molecular flexibility index (Phi) is 4.18. The van der Waals surface area contributed by atoms with Crippen LogP contribution in [0.15, 0.2) is 18.2 Å². The summed E-state index contributed by atoms with van der Waals surface area (Å²) in [6.07, 6.45) is -0.517. The lowest BCUT2D eigenvalue weighted by Gasteiger charge is -2.25. The largest absolute Gasteiger partial charge is 0.444 e. The van der Waals surface area contributed by atoms with Crippen molar-refractivity contribution in [1.29, 1.82) is 0 Å². The quantitative estimate of drug-likeness (QED) is 0.828. The van der Waals surface area contributed by atoms with Gasteiger partial charge in [0.2, 0.25) is 5.91 Å². The van der Waals surface area contributed by atoms with Crippen LogP contribution in [-0.4, -0.2) is 34.2 Å². The van der Waals surface area contributed by atoms with Crippen LogP contribution in [0, 0.1) is 0 Å².